The number of Topliss-reactive ketones (excluding diaryl/α,β-unsaturated/α-hetero) is 4. The van der Waals surface area contributed by atoms with Gasteiger partial charge in [-0.1, -0.05) is 41.5 Å². The summed E-state index contributed by atoms with van der Waals surface area (Å²) in [6.45, 7) is 15.2. The topological polar surface area (TPSA) is 68.3 Å². The van der Waals surface area contributed by atoms with E-state index in [1.807, 2.05) is 55.4 Å². The number of benzene rings is 1. The second-order valence-electron chi connectivity index (χ2n) is 10.2. The Bertz CT molecular complexity index is 1090. The normalized spacial score (nSPS) is 17.9. The third kappa shape index (κ3) is 3.45. The molecule has 0 aromatic heterocycles. The summed E-state index contributed by atoms with van der Waals surface area (Å²) in [5, 5.41) is 0. The summed E-state index contributed by atoms with van der Waals surface area (Å²) in [5.74, 6) is -2.04. The van der Waals surface area contributed by atoms with Gasteiger partial charge in [-0.05, 0) is 65.7 Å². The summed E-state index contributed by atoms with van der Waals surface area (Å²) in [4.78, 5) is 52.4. The third-order valence-corrected chi connectivity index (χ3v) is 5.78. The van der Waals surface area contributed by atoms with Gasteiger partial charge in [-0.3, -0.25) is 19.2 Å². The van der Waals surface area contributed by atoms with Gasteiger partial charge in [0, 0.05) is 22.3 Å². The van der Waals surface area contributed by atoms with Gasteiger partial charge in [0.05, 0.1) is 5.57 Å². The Morgan fingerprint density at radius 3 is 1.37 bits per heavy atom. The second kappa shape index (κ2) is 6.83. The van der Waals surface area contributed by atoms with E-state index in [1.54, 1.807) is 24.3 Å². The van der Waals surface area contributed by atoms with E-state index in [4.69, 9.17) is 0 Å². The number of carbonyl (C=O) groups excluding carboxylic acids is 4. The molecule has 4 heteroatoms. The van der Waals surface area contributed by atoms with Crippen molar-refractivity contribution in [2.24, 2.45) is 10.8 Å². The van der Waals surface area contributed by atoms with E-state index in [0.29, 0.717) is 16.7 Å². The molecule has 0 saturated carbocycles. The molecule has 0 bridgehead atoms. The lowest BCUT2D eigenvalue weighted by Gasteiger charge is -2.32. The van der Waals surface area contributed by atoms with Gasteiger partial charge in [-0.15, -0.1) is 0 Å². The van der Waals surface area contributed by atoms with Crippen LogP contribution in [0.15, 0.2) is 46.6 Å². The molecule has 0 aliphatic heterocycles. The molecular formula is C26H28O4. The number of fused-ring (bicyclic) bond motifs is 1. The lowest BCUT2D eigenvalue weighted by atomic mass is 9.70. The molecule has 0 amide bonds. The molecule has 0 spiro atoms. The van der Waals surface area contributed by atoms with Gasteiger partial charge in [0.1, 0.15) is 0 Å². The summed E-state index contributed by atoms with van der Waals surface area (Å²) in [7, 11) is 0. The molecule has 0 unspecified atom stereocenters. The first-order chi connectivity index (χ1) is 13.6. The number of hydrogen-bond acceptors (Lipinski definition) is 4. The molecule has 0 saturated heterocycles. The fourth-order valence-electron chi connectivity index (χ4n) is 3.82. The number of allylic oxidation sites excluding steroid dienone is 6. The van der Waals surface area contributed by atoms with Crippen molar-refractivity contribution in [3.8, 4) is 0 Å². The van der Waals surface area contributed by atoms with Crippen LogP contribution >= 0.6 is 0 Å². The maximum Gasteiger partial charge on any atom is 0.238 e. The monoisotopic (exact) mass is 404 g/mol. The second-order valence-corrected chi connectivity index (χ2v) is 10.2. The van der Waals surface area contributed by atoms with Crippen LogP contribution in [0.2, 0.25) is 0 Å². The molecule has 4 nitrogen and oxygen atoms in total. The highest BCUT2D eigenvalue weighted by Gasteiger charge is 2.40. The van der Waals surface area contributed by atoms with E-state index in [0.717, 1.165) is 11.1 Å². The van der Waals surface area contributed by atoms with E-state index in [9.17, 15) is 19.2 Å². The van der Waals surface area contributed by atoms with Crippen LogP contribution in [-0.2, 0) is 9.59 Å². The molecule has 1 aromatic rings. The largest absolute Gasteiger partial charge is 0.289 e. The van der Waals surface area contributed by atoms with Crippen molar-refractivity contribution < 1.29 is 19.2 Å². The molecule has 0 fully saturated rings. The molecule has 156 valence electrons. The van der Waals surface area contributed by atoms with Gasteiger partial charge in [-0.2, -0.15) is 0 Å². The van der Waals surface area contributed by atoms with Crippen LogP contribution in [-0.4, -0.2) is 23.1 Å². The van der Waals surface area contributed by atoms with Crippen LogP contribution in [0.3, 0.4) is 0 Å². The molecule has 3 rings (SSSR count). The van der Waals surface area contributed by atoms with Crippen LogP contribution in [0.1, 0.15) is 73.4 Å². The SMILES string of the molecule is Cc1cc2c(cc1C)C(=O)C(=C1C=C(C(C)(C)C)C(=O)C(C(C)(C)C)=C1)C(=O)C2=O. The summed E-state index contributed by atoms with van der Waals surface area (Å²) in [6, 6.07) is 3.29. The van der Waals surface area contributed by atoms with Gasteiger partial charge in [0.25, 0.3) is 0 Å². The smallest absolute Gasteiger partial charge is 0.238 e. The van der Waals surface area contributed by atoms with Gasteiger partial charge in [0.2, 0.25) is 11.6 Å². The average molecular weight is 405 g/mol. The van der Waals surface area contributed by atoms with Gasteiger partial charge >= 0.3 is 0 Å². The van der Waals surface area contributed by atoms with Gasteiger partial charge in [-0.25, -0.2) is 0 Å². The number of rotatable bonds is 0. The van der Waals surface area contributed by atoms with Crippen molar-refractivity contribution in [3.05, 3.63) is 68.8 Å². The van der Waals surface area contributed by atoms with Crippen LogP contribution in [0.25, 0.3) is 0 Å². The third-order valence-electron chi connectivity index (χ3n) is 5.78. The minimum atomic E-state index is -0.811. The molecule has 0 heterocycles. The van der Waals surface area contributed by atoms with Gasteiger partial charge in [0.15, 0.2) is 11.6 Å². The van der Waals surface area contributed by atoms with Crippen LogP contribution in [0, 0.1) is 24.7 Å². The number of ketones is 4. The standard InChI is InChI=1S/C26H28O4/c1-13-9-16-17(10-14(13)2)22(28)24(30)20(21(16)27)15-11-18(25(3,4)5)23(29)19(12-15)26(6,7)8/h9-12H,1-8H3. The fourth-order valence-corrected chi connectivity index (χ4v) is 3.82. The quantitative estimate of drug-likeness (QED) is 0.344. The van der Waals surface area contributed by atoms with E-state index < -0.39 is 28.2 Å². The van der Waals surface area contributed by atoms with Crippen molar-refractivity contribution >= 4 is 23.1 Å². The first-order valence-electron chi connectivity index (χ1n) is 10.1. The highest BCUT2D eigenvalue weighted by Crippen LogP contribution is 2.40. The zero-order valence-electron chi connectivity index (χ0n) is 18.9. The molecule has 2 aliphatic carbocycles. The Hall–Kier alpha value is -2.88. The zero-order chi connectivity index (χ0) is 22.8. The van der Waals surface area contributed by atoms with E-state index >= 15 is 0 Å². The van der Waals surface area contributed by atoms with Crippen LogP contribution in [0.4, 0.5) is 0 Å². The van der Waals surface area contributed by atoms with Gasteiger partial charge < -0.3 is 0 Å². The van der Waals surface area contributed by atoms with Crippen LogP contribution < -0.4 is 0 Å². The maximum atomic E-state index is 13.4. The molecule has 2 aliphatic rings. The summed E-state index contributed by atoms with van der Waals surface area (Å²) in [5.41, 5.74) is 2.42. The minimum Gasteiger partial charge on any atom is -0.289 e. The number of aryl methyl sites for hydroxylation is 2. The van der Waals surface area contributed by atoms with Crippen molar-refractivity contribution in [2.45, 2.75) is 55.4 Å². The first-order valence-corrected chi connectivity index (χ1v) is 10.1. The van der Waals surface area contributed by atoms with Crippen molar-refractivity contribution in [2.75, 3.05) is 0 Å². The molecular weight excluding hydrogens is 376 g/mol. The maximum absolute atomic E-state index is 13.4. The summed E-state index contributed by atoms with van der Waals surface area (Å²) < 4.78 is 0. The number of carbonyl (C=O) groups is 4. The summed E-state index contributed by atoms with van der Waals surface area (Å²) in [6.07, 6.45) is 3.23. The minimum absolute atomic E-state index is 0.0896. The highest BCUT2D eigenvalue weighted by atomic mass is 16.2. The van der Waals surface area contributed by atoms with Crippen LogP contribution in [0.5, 0.6) is 0 Å². The van der Waals surface area contributed by atoms with Crippen molar-refractivity contribution in [1.82, 2.24) is 0 Å². The summed E-state index contributed by atoms with van der Waals surface area (Å²) >= 11 is 0. The predicted molar refractivity (Wildman–Crippen MR) is 117 cm³/mol. The Balaban J connectivity index is 2.36. The Morgan fingerprint density at radius 1 is 0.567 bits per heavy atom. The molecule has 30 heavy (non-hydrogen) atoms. The lowest BCUT2D eigenvalue weighted by Crippen LogP contribution is -2.33. The molecule has 0 atom stereocenters. The Kier molecular flexibility index (Phi) is 4.97. The Labute approximate surface area is 177 Å². The fraction of sp³-hybridized carbons (Fsp3) is 0.385. The predicted octanol–water partition coefficient (Wildman–Crippen LogP) is 5.08. The molecule has 1 aromatic carbocycles. The van der Waals surface area contributed by atoms with E-state index in [-0.39, 0.29) is 22.5 Å². The van der Waals surface area contributed by atoms with Crippen molar-refractivity contribution in [1.29, 1.82) is 0 Å². The molecule has 0 radical (unpaired) electrons. The van der Waals surface area contributed by atoms with E-state index in [2.05, 4.69) is 0 Å². The number of hydrogen-bond donors (Lipinski definition) is 0. The molecule has 0 N–H and O–H groups in total. The zero-order valence-corrected chi connectivity index (χ0v) is 18.9. The van der Waals surface area contributed by atoms with E-state index in [1.165, 1.54) is 0 Å². The average Bonchev–Trinajstić information content (AvgIpc) is 2.61. The first kappa shape index (κ1) is 21.8. The Morgan fingerprint density at radius 2 is 0.967 bits per heavy atom. The van der Waals surface area contributed by atoms with Crippen molar-refractivity contribution in [3.63, 3.8) is 0 Å². The lowest BCUT2D eigenvalue weighted by molar-refractivity contribution is -0.114. The highest BCUT2D eigenvalue weighted by molar-refractivity contribution is 6.59.